The van der Waals surface area contributed by atoms with E-state index in [0.29, 0.717) is 29.2 Å². The summed E-state index contributed by atoms with van der Waals surface area (Å²) in [5.74, 6) is -0.445. The van der Waals surface area contributed by atoms with E-state index in [2.05, 4.69) is 15.5 Å². The second-order valence-corrected chi connectivity index (χ2v) is 11.6. The molecular weight excluding hydrogens is 573 g/mol. The number of benzene rings is 4. The summed E-state index contributed by atoms with van der Waals surface area (Å²) in [5.41, 5.74) is 2.09. The molecule has 4 aromatic carbocycles. The fourth-order valence-electron chi connectivity index (χ4n) is 6.05. The van der Waals surface area contributed by atoms with Crippen molar-refractivity contribution in [2.24, 2.45) is 0 Å². The van der Waals surface area contributed by atoms with Crippen molar-refractivity contribution >= 4 is 44.6 Å². The number of hydrogen-bond acceptors (Lipinski definition) is 7. The van der Waals surface area contributed by atoms with Crippen molar-refractivity contribution in [2.75, 3.05) is 69.0 Å². The van der Waals surface area contributed by atoms with E-state index in [1.807, 2.05) is 67.5 Å². The van der Waals surface area contributed by atoms with E-state index in [-0.39, 0.29) is 22.4 Å². The zero-order valence-electron chi connectivity index (χ0n) is 25.2. The molecule has 5 aromatic rings. The van der Waals surface area contributed by atoms with Crippen LogP contribution in [0.2, 0.25) is 0 Å². The van der Waals surface area contributed by atoms with Crippen molar-refractivity contribution < 1.29 is 18.7 Å². The lowest BCUT2D eigenvalue weighted by atomic mass is 10.0. The Bertz CT molecular complexity index is 1980. The molecule has 3 heterocycles. The van der Waals surface area contributed by atoms with E-state index in [0.717, 1.165) is 55.7 Å². The predicted molar refractivity (Wildman–Crippen MR) is 176 cm³/mol. The number of ether oxygens (including phenoxy) is 2. The van der Waals surface area contributed by atoms with Gasteiger partial charge in [-0.2, -0.15) is 0 Å². The van der Waals surface area contributed by atoms with Gasteiger partial charge in [-0.15, -0.1) is 0 Å². The van der Waals surface area contributed by atoms with Gasteiger partial charge in [0.2, 0.25) is 5.43 Å². The molecule has 45 heavy (non-hydrogen) atoms. The number of nitrogens with zero attached hydrogens (tertiary/aromatic N) is 3. The zero-order chi connectivity index (χ0) is 31.1. The summed E-state index contributed by atoms with van der Waals surface area (Å²) in [6, 6.07) is 20.2. The number of rotatable bonds is 8. The van der Waals surface area contributed by atoms with Gasteiger partial charge in [-0.1, -0.05) is 30.3 Å². The van der Waals surface area contributed by atoms with Gasteiger partial charge in [0.15, 0.2) is 17.3 Å². The van der Waals surface area contributed by atoms with Gasteiger partial charge in [0.05, 0.1) is 24.3 Å². The minimum Gasteiger partial charge on any atom is -0.450 e. The fraction of sp³-hybridized carbons (Fsp3) is 0.257. The monoisotopic (exact) mass is 607 g/mol. The van der Waals surface area contributed by atoms with Crippen LogP contribution in [0, 0.1) is 5.82 Å². The highest BCUT2D eigenvalue weighted by Crippen LogP contribution is 2.47. The van der Waals surface area contributed by atoms with Gasteiger partial charge in [0, 0.05) is 56.7 Å². The van der Waals surface area contributed by atoms with Crippen LogP contribution in [0.4, 0.5) is 21.5 Å². The van der Waals surface area contributed by atoms with Crippen molar-refractivity contribution in [3.05, 3.63) is 94.5 Å². The number of aromatic nitrogens is 1. The highest BCUT2D eigenvalue weighted by molar-refractivity contribution is 6.07. The van der Waals surface area contributed by atoms with Crippen LogP contribution in [-0.4, -0.2) is 68.9 Å². The van der Waals surface area contributed by atoms with Gasteiger partial charge in [-0.3, -0.25) is 14.5 Å². The molecule has 230 valence electrons. The Morgan fingerprint density at radius 2 is 1.76 bits per heavy atom. The molecule has 9 nitrogen and oxygen atoms in total. The van der Waals surface area contributed by atoms with Crippen LogP contribution in [0.15, 0.2) is 77.7 Å². The van der Waals surface area contributed by atoms with Crippen molar-refractivity contribution in [1.29, 1.82) is 0 Å². The van der Waals surface area contributed by atoms with Crippen LogP contribution in [-0.2, 0) is 4.74 Å². The summed E-state index contributed by atoms with van der Waals surface area (Å²) in [6.07, 6.45) is 2.33. The number of pyridine rings is 1. The third-order valence-corrected chi connectivity index (χ3v) is 8.46. The molecule has 0 bridgehead atoms. The van der Waals surface area contributed by atoms with Gasteiger partial charge in [-0.05, 0) is 54.8 Å². The molecule has 1 saturated heterocycles. The Morgan fingerprint density at radius 3 is 2.53 bits per heavy atom. The van der Waals surface area contributed by atoms with Crippen LogP contribution in [0.1, 0.15) is 16.8 Å². The first-order chi connectivity index (χ1) is 21.9. The molecule has 10 heteroatoms. The Kier molecular flexibility index (Phi) is 7.60. The standard InChI is InChI=1S/C35H34FN5O4/c1-39(2)24-11-9-23(10-12-24)38-35(43)27-21-41-29-13-8-22-6-3-4-7-25(22)33(29)45-34-30(28(36)20-26(31(34)41)32(27)42)37-14-5-15-40-16-18-44-19-17-40/h3-4,6-13,20-21,37H,5,14-19H2,1-2H3,(H,38,43). The second kappa shape index (κ2) is 11.9. The Hall–Kier alpha value is -4.93. The van der Waals surface area contributed by atoms with Gasteiger partial charge >= 0.3 is 0 Å². The second-order valence-electron chi connectivity index (χ2n) is 11.6. The summed E-state index contributed by atoms with van der Waals surface area (Å²) in [7, 11) is 3.86. The summed E-state index contributed by atoms with van der Waals surface area (Å²) in [4.78, 5) is 31.7. The third kappa shape index (κ3) is 5.36. The van der Waals surface area contributed by atoms with Gasteiger partial charge in [-0.25, -0.2) is 4.39 Å². The summed E-state index contributed by atoms with van der Waals surface area (Å²) < 4.78 is 29.7. The average Bonchev–Trinajstić information content (AvgIpc) is 3.05. The van der Waals surface area contributed by atoms with Crippen LogP contribution in [0.5, 0.6) is 11.5 Å². The lowest BCUT2D eigenvalue weighted by Gasteiger charge is -2.28. The highest BCUT2D eigenvalue weighted by atomic mass is 19.1. The molecule has 0 spiro atoms. The quantitative estimate of drug-likeness (QED) is 0.210. The number of amides is 1. The first kappa shape index (κ1) is 28.8. The Morgan fingerprint density at radius 1 is 0.978 bits per heavy atom. The molecule has 2 aliphatic rings. The van der Waals surface area contributed by atoms with Crippen LogP contribution in [0.25, 0.3) is 27.4 Å². The third-order valence-electron chi connectivity index (χ3n) is 8.46. The smallest absolute Gasteiger partial charge is 0.261 e. The molecule has 2 aliphatic heterocycles. The number of halogens is 1. The average molecular weight is 608 g/mol. The minimum atomic E-state index is -0.618. The lowest BCUT2D eigenvalue weighted by Crippen LogP contribution is -2.37. The molecule has 0 saturated carbocycles. The van der Waals surface area contributed by atoms with E-state index in [1.165, 1.54) is 12.3 Å². The van der Waals surface area contributed by atoms with Gasteiger partial charge < -0.3 is 29.6 Å². The van der Waals surface area contributed by atoms with Crippen LogP contribution in [0.3, 0.4) is 0 Å². The molecule has 1 amide bonds. The van der Waals surface area contributed by atoms with Crippen molar-refractivity contribution in [3.8, 4) is 17.2 Å². The van der Waals surface area contributed by atoms with E-state index >= 15 is 4.39 Å². The van der Waals surface area contributed by atoms with E-state index < -0.39 is 17.2 Å². The Balaban J connectivity index is 1.31. The van der Waals surface area contributed by atoms with Crippen LogP contribution < -0.4 is 25.7 Å². The largest absolute Gasteiger partial charge is 0.450 e. The maximum absolute atomic E-state index is 15.9. The minimum absolute atomic E-state index is 0.0655. The lowest BCUT2D eigenvalue weighted by molar-refractivity contribution is 0.0378. The first-order valence-electron chi connectivity index (χ1n) is 15.1. The summed E-state index contributed by atoms with van der Waals surface area (Å²) in [5, 5.41) is 7.94. The normalized spacial score (nSPS) is 14.2. The fourth-order valence-corrected chi connectivity index (χ4v) is 6.05. The summed E-state index contributed by atoms with van der Waals surface area (Å²) in [6.45, 7) is 4.57. The molecule has 0 atom stereocenters. The van der Waals surface area contributed by atoms with Gasteiger partial charge in [0.1, 0.15) is 16.8 Å². The van der Waals surface area contributed by atoms with E-state index in [9.17, 15) is 9.59 Å². The van der Waals surface area contributed by atoms with Crippen molar-refractivity contribution in [2.45, 2.75) is 6.42 Å². The number of morpholine rings is 1. The number of hydrogen-bond donors (Lipinski definition) is 2. The molecular formula is C35H34FN5O4. The molecule has 1 fully saturated rings. The van der Waals surface area contributed by atoms with Crippen molar-refractivity contribution in [1.82, 2.24) is 9.47 Å². The molecule has 0 unspecified atom stereocenters. The molecule has 1 aromatic heterocycles. The predicted octanol–water partition coefficient (Wildman–Crippen LogP) is 5.84. The van der Waals surface area contributed by atoms with Gasteiger partial charge in [0.25, 0.3) is 5.91 Å². The Labute approximate surface area is 259 Å². The number of anilines is 3. The van der Waals surface area contributed by atoms with Crippen LogP contribution >= 0.6 is 0 Å². The number of fused-ring (bicyclic) bond motifs is 4. The van der Waals surface area contributed by atoms with Crippen molar-refractivity contribution in [3.63, 3.8) is 0 Å². The summed E-state index contributed by atoms with van der Waals surface area (Å²) >= 11 is 0. The topological polar surface area (TPSA) is 88.1 Å². The molecule has 0 radical (unpaired) electrons. The maximum Gasteiger partial charge on any atom is 0.261 e. The number of nitrogens with one attached hydrogen (secondary N) is 2. The van der Waals surface area contributed by atoms with E-state index in [4.69, 9.17) is 9.47 Å². The van der Waals surface area contributed by atoms with E-state index in [1.54, 1.807) is 16.7 Å². The molecule has 0 aliphatic carbocycles. The number of carbonyl (C=O) groups excluding carboxylic acids is 1. The number of carbonyl (C=O) groups is 1. The SMILES string of the molecule is CN(C)c1ccc(NC(=O)c2cn3c4c(c(NCCCN5CCOCC5)c(F)cc4c2=O)Oc2c-3ccc3ccccc23)cc1. The first-order valence-corrected chi connectivity index (χ1v) is 15.1. The molecule has 2 N–H and O–H groups in total. The zero-order valence-corrected chi connectivity index (χ0v) is 25.2. The maximum atomic E-state index is 15.9. The molecule has 7 rings (SSSR count). The highest BCUT2D eigenvalue weighted by Gasteiger charge is 2.29.